The first kappa shape index (κ1) is 30.2. The van der Waals surface area contributed by atoms with Gasteiger partial charge in [0.2, 0.25) is 5.88 Å². The lowest BCUT2D eigenvalue weighted by Crippen LogP contribution is -2.60. The lowest BCUT2D eigenvalue weighted by Gasteiger charge is -2.31. The number of hydrogen-bond donors (Lipinski definition) is 3. The quantitative estimate of drug-likeness (QED) is 0.312. The Balaban J connectivity index is 1.35. The van der Waals surface area contributed by atoms with Crippen LogP contribution < -0.4 is 25.3 Å². The molecular weight excluding hydrogens is 588 g/mol. The van der Waals surface area contributed by atoms with Gasteiger partial charge in [0.05, 0.1) is 30.6 Å². The Bertz CT molecular complexity index is 1400. The summed E-state index contributed by atoms with van der Waals surface area (Å²) < 4.78 is 93.8. The number of nitrogens with zero attached hydrogens (tertiary/aromatic N) is 3. The van der Waals surface area contributed by atoms with Crippen LogP contribution in [0.15, 0.2) is 24.5 Å². The van der Waals surface area contributed by atoms with Gasteiger partial charge in [0.15, 0.2) is 4.88 Å². The van der Waals surface area contributed by atoms with Gasteiger partial charge in [-0.1, -0.05) is 11.3 Å². The minimum atomic E-state index is -6.03. The summed E-state index contributed by atoms with van der Waals surface area (Å²) in [6.45, 7) is -2.13. The van der Waals surface area contributed by atoms with E-state index in [4.69, 9.17) is 15.2 Å². The molecule has 0 atom stereocenters. The Hall–Kier alpha value is -3.80. The number of thiazole rings is 1. The highest BCUT2D eigenvalue weighted by atomic mass is 32.1. The molecule has 3 aromatic rings. The molecule has 3 heterocycles. The lowest BCUT2D eigenvalue weighted by molar-refractivity contribution is -0.373. The summed E-state index contributed by atoms with van der Waals surface area (Å²) in [5.74, 6) is -1.56. The van der Waals surface area contributed by atoms with Crippen molar-refractivity contribution in [2.75, 3.05) is 13.7 Å². The van der Waals surface area contributed by atoms with Gasteiger partial charge in [0.1, 0.15) is 18.5 Å². The Labute approximate surface area is 231 Å². The number of carbonyl (C=O) groups is 2. The van der Waals surface area contributed by atoms with Crippen LogP contribution in [0.2, 0.25) is 0 Å². The fraction of sp³-hybridized carbons (Fsp3) is 0.478. The van der Waals surface area contributed by atoms with Crippen LogP contribution in [0.1, 0.15) is 45.7 Å². The fourth-order valence-corrected chi connectivity index (χ4v) is 4.76. The molecule has 0 saturated heterocycles. The second kappa shape index (κ2) is 11.2. The van der Waals surface area contributed by atoms with E-state index in [1.54, 1.807) is 0 Å². The van der Waals surface area contributed by atoms with Crippen molar-refractivity contribution >= 4 is 28.7 Å². The molecule has 4 N–H and O–H groups in total. The molecule has 11 nitrogen and oxygen atoms in total. The third kappa shape index (κ3) is 6.27. The van der Waals surface area contributed by atoms with E-state index in [0.717, 1.165) is 28.1 Å². The van der Waals surface area contributed by atoms with Gasteiger partial charge in [-0.3, -0.25) is 9.59 Å². The number of pyridine rings is 1. The number of alkyl halides is 6. The van der Waals surface area contributed by atoms with E-state index in [2.05, 4.69) is 20.1 Å². The highest BCUT2D eigenvalue weighted by molar-refractivity contribution is 7.15. The summed E-state index contributed by atoms with van der Waals surface area (Å²) in [6, 6.07) is 2.06. The van der Waals surface area contributed by atoms with Crippen LogP contribution in [0.3, 0.4) is 0 Å². The van der Waals surface area contributed by atoms with Crippen LogP contribution in [-0.4, -0.2) is 75.3 Å². The van der Waals surface area contributed by atoms with E-state index in [1.165, 1.54) is 19.4 Å². The zero-order valence-electron chi connectivity index (χ0n) is 21.1. The summed E-state index contributed by atoms with van der Waals surface area (Å²) in [4.78, 5) is 28.8. The highest BCUT2D eigenvalue weighted by Crippen LogP contribution is 2.43. The third-order valence-corrected chi connectivity index (χ3v) is 7.39. The molecule has 0 radical (unpaired) electrons. The topological polar surface area (TPSA) is 150 Å². The van der Waals surface area contributed by atoms with Crippen LogP contribution in [0, 0.1) is 0 Å². The van der Waals surface area contributed by atoms with E-state index in [-0.39, 0.29) is 39.2 Å². The summed E-state index contributed by atoms with van der Waals surface area (Å²) in [6.07, 6.45) is -8.06. The molecule has 0 aliphatic heterocycles. The number of carbonyl (C=O) groups excluding carboxylic acids is 2. The molecule has 224 valence electrons. The molecule has 0 spiro atoms. The first-order chi connectivity index (χ1) is 19.1. The number of amides is 2. The largest absolute Gasteiger partial charge is 0.488 e. The minimum Gasteiger partial charge on any atom is -0.488 e. The first-order valence-electron chi connectivity index (χ1n) is 11.9. The second-order valence-electron chi connectivity index (χ2n) is 9.14. The van der Waals surface area contributed by atoms with Gasteiger partial charge in [-0.2, -0.15) is 36.4 Å². The number of ether oxygens (including phenoxy) is 3. The number of aromatic nitrogens is 3. The van der Waals surface area contributed by atoms with Crippen molar-refractivity contribution in [3.05, 3.63) is 35.0 Å². The van der Waals surface area contributed by atoms with Crippen LogP contribution in [0.25, 0.3) is 5.52 Å². The molecule has 1 aliphatic carbocycles. The smallest absolute Gasteiger partial charge is 0.429 e. The standard InChI is InChI=1S/C23H23F6N5O6S/c1-38-20-33-19(16(41-20)17(30)35)40-12-4-2-11(3-5-12)32-18(36)14-8-31-34-9-13(6-7-15(14)34)39-10-21(37,22(24,25)26)23(27,28)29/h6-9,11-12,37H,2-5,10H2,1H3,(H2,30,35)(H,32,36)/t11-,12-. The van der Waals surface area contributed by atoms with Gasteiger partial charge >= 0.3 is 12.4 Å². The molecule has 0 bridgehead atoms. The number of nitrogens with one attached hydrogen (secondary N) is 1. The number of methoxy groups -OCH3 is 1. The number of aliphatic hydroxyl groups is 1. The van der Waals surface area contributed by atoms with Crippen molar-refractivity contribution in [3.8, 4) is 16.8 Å². The predicted octanol–water partition coefficient (Wildman–Crippen LogP) is 3.25. The minimum absolute atomic E-state index is 0.0861. The number of rotatable bonds is 9. The Morgan fingerprint density at radius 2 is 1.80 bits per heavy atom. The molecule has 18 heteroatoms. The highest BCUT2D eigenvalue weighted by Gasteiger charge is 2.71. The fourth-order valence-electron chi connectivity index (χ4n) is 4.09. The lowest BCUT2D eigenvalue weighted by atomic mass is 9.92. The van der Waals surface area contributed by atoms with Crippen LogP contribution >= 0.6 is 11.3 Å². The van der Waals surface area contributed by atoms with Gasteiger partial charge in [0.25, 0.3) is 22.6 Å². The maximum absolute atomic E-state index is 12.9. The maximum atomic E-state index is 12.9. The first-order valence-corrected chi connectivity index (χ1v) is 12.7. The molecule has 1 aliphatic rings. The number of fused-ring (bicyclic) bond motifs is 1. The van der Waals surface area contributed by atoms with Gasteiger partial charge in [-0.15, -0.1) is 0 Å². The SMILES string of the molecule is COc1nc(O[C@H]2CC[C@H](NC(=O)c3cnn4cc(OCC(O)(C(F)(F)F)C(F)(F)F)ccc34)CC2)c(C(N)=O)s1. The van der Waals surface area contributed by atoms with Crippen molar-refractivity contribution in [2.24, 2.45) is 5.73 Å². The molecule has 4 rings (SSSR count). The van der Waals surface area contributed by atoms with E-state index in [1.807, 2.05) is 0 Å². The number of halogens is 6. The molecule has 1 saturated carbocycles. The Morgan fingerprint density at radius 3 is 2.39 bits per heavy atom. The zero-order chi connectivity index (χ0) is 30.2. The summed E-state index contributed by atoms with van der Waals surface area (Å²) in [7, 11) is 1.40. The normalized spacial score (nSPS) is 18.2. The molecule has 2 amide bonds. The Kier molecular flexibility index (Phi) is 8.26. The molecular formula is C23H23F6N5O6S. The average Bonchev–Trinajstić information content (AvgIpc) is 3.51. The monoisotopic (exact) mass is 611 g/mol. The van der Waals surface area contributed by atoms with Gasteiger partial charge in [-0.05, 0) is 37.8 Å². The van der Waals surface area contributed by atoms with Crippen molar-refractivity contribution in [1.29, 1.82) is 0 Å². The third-order valence-electron chi connectivity index (χ3n) is 6.38. The number of hydrogen-bond acceptors (Lipinski definition) is 9. The van der Waals surface area contributed by atoms with Crippen molar-refractivity contribution in [1.82, 2.24) is 19.9 Å². The molecule has 41 heavy (non-hydrogen) atoms. The van der Waals surface area contributed by atoms with E-state index in [0.29, 0.717) is 25.7 Å². The number of nitrogens with two attached hydrogens (primary N) is 1. The average molecular weight is 612 g/mol. The van der Waals surface area contributed by atoms with Crippen molar-refractivity contribution < 1.29 is 55.2 Å². The van der Waals surface area contributed by atoms with Crippen molar-refractivity contribution in [2.45, 2.75) is 55.8 Å². The molecule has 1 fully saturated rings. The molecule has 0 aromatic carbocycles. The van der Waals surface area contributed by atoms with Crippen LogP contribution in [-0.2, 0) is 0 Å². The van der Waals surface area contributed by atoms with E-state index >= 15 is 0 Å². The molecule has 3 aromatic heterocycles. The van der Waals surface area contributed by atoms with Crippen LogP contribution in [0.5, 0.6) is 16.8 Å². The van der Waals surface area contributed by atoms with E-state index < -0.39 is 42.1 Å². The molecule has 0 unspecified atom stereocenters. The van der Waals surface area contributed by atoms with Gasteiger partial charge < -0.3 is 30.4 Å². The number of primary amides is 1. The van der Waals surface area contributed by atoms with Gasteiger partial charge in [0, 0.05) is 6.04 Å². The zero-order valence-corrected chi connectivity index (χ0v) is 21.9. The Morgan fingerprint density at radius 1 is 1.15 bits per heavy atom. The van der Waals surface area contributed by atoms with E-state index in [9.17, 15) is 41.0 Å². The summed E-state index contributed by atoms with van der Waals surface area (Å²) in [5.41, 5.74) is 0.609. The second-order valence-corrected chi connectivity index (χ2v) is 10.1. The predicted molar refractivity (Wildman–Crippen MR) is 129 cm³/mol. The summed E-state index contributed by atoms with van der Waals surface area (Å²) >= 11 is 0.964. The van der Waals surface area contributed by atoms with Crippen LogP contribution in [0.4, 0.5) is 26.3 Å². The maximum Gasteiger partial charge on any atom is 0.429 e. The van der Waals surface area contributed by atoms with Crippen molar-refractivity contribution in [3.63, 3.8) is 0 Å². The summed E-state index contributed by atoms with van der Waals surface area (Å²) in [5, 5.41) is 16.3. The van der Waals surface area contributed by atoms with Gasteiger partial charge in [-0.25, -0.2) is 4.52 Å².